The van der Waals surface area contributed by atoms with Crippen LogP contribution in [-0.4, -0.2) is 4.68 Å². The van der Waals surface area contributed by atoms with E-state index >= 15 is 0 Å². The van der Waals surface area contributed by atoms with E-state index in [1.165, 1.54) is 11.4 Å². The molecule has 3 aromatic rings. The van der Waals surface area contributed by atoms with Crippen LogP contribution in [0.2, 0.25) is 0 Å². The lowest BCUT2D eigenvalue weighted by Gasteiger charge is -2.17. The molecular formula is C16H17BrN2O. The van der Waals surface area contributed by atoms with E-state index in [1.807, 2.05) is 12.1 Å². The molecule has 0 aliphatic heterocycles. The number of halogens is 1. The van der Waals surface area contributed by atoms with Gasteiger partial charge in [0.05, 0.1) is 6.04 Å². The molecule has 0 bridgehead atoms. The van der Waals surface area contributed by atoms with Gasteiger partial charge in [0.1, 0.15) is 11.3 Å². The molecule has 0 amide bonds. The summed E-state index contributed by atoms with van der Waals surface area (Å²) in [7, 11) is 0. The van der Waals surface area contributed by atoms with Gasteiger partial charge in [-0.2, -0.15) is 0 Å². The van der Waals surface area contributed by atoms with Crippen LogP contribution >= 0.6 is 15.9 Å². The highest BCUT2D eigenvalue weighted by atomic mass is 79.9. The Morgan fingerprint density at radius 1 is 1.10 bits per heavy atom. The van der Waals surface area contributed by atoms with Crippen LogP contribution in [-0.2, 0) is 0 Å². The Morgan fingerprint density at radius 2 is 1.80 bits per heavy atom. The Morgan fingerprint density at radius 3 is 2.50 bits per heavy atom. The molecule has 1 aromatic carbocycles. The summed E-state index contributed by atoms with van der Waals surface area (Å²) in [6.07, 6.45) is 0. The number of nitrogens with one attached hydrogen (secondary N) is 1. The molecule has 104 valence electrons. The van der Waals surface area contributed by atoms with Gasteiger partial charge in [-0.15, -0.1) is 0 Å². The normalized spacial score (nSPS) is 12.8. The second kappa shape index (κ2) is 5.02. The second-order valence-electron chi connectivity index (χ2n) is 5.13. The quantitative estimate of drug-likeness (QED) is 0.737. The molecule has 1 atom stereocenters. The van der Waals surface area contributed by atoms with Crippen LogP contribution in [0.5, 0.6) is 0 Å². The van der Waals surface area contributed by atoms with Crippen LogP contribution in [0.25, 0.3) is 11.0 Å². The largest absolute Gasteiger partial charge is 0.459 e. The maximum Gasteiger partial charge on any atom is 0.134 e. The molecule has 0 aliphatic rings. The van der Waals surface area contributed by atoms with Crippen molar-refractivity contribution in [3.63, 3.8) is 0 Å². The van der Waals surface area contributed by atoms with Gasteiger partial charge < -0.3 is 9.84 Å². The van der Waals surface area contributed by atoms with Crippen LogP contribution in [0.15, 0.2) is 45.3 Å². The topological polar surface area (TPSA) is 30.1 Å². The van der Waals surface area contributed by atoms with E-state index in [2.05, 4.69) is 71.1 Å². The van der Waals surface area contributed by atoms with Crippen molar-refractivity contribution in [2.75, 3.05) is 5.43 Å². The monoisotopic (exact) mass is 332 g/mol. The number of benzene rings is 1. The molecule has 2 aromatic heterocycles. The number of hydrogen-bond acceptors (Lipinski definition) is 2. The molecular weight excluding hydrogens is 316 g/mol. The van der Waals surface area contributed by atoms with E-state index in [0.717, 1.165) is 21.2 Å². The fourth-order valence-electron chi connectivity index (χ4n) is 2.38. The standard InChI is InChI=1S/C16H17BrN2O/c1-10-4-5-11(2)19(10)18-12(3)16-9-13-8-14(17)6-7-15(13)20-16/h4-9,12,18H,1-3H3. The summed E-state index contributed by atoms with van der Waals surface area (Å²) in [4.78, 5) is 0. The Hall–Kier alpha value is -1.68. The minimum Gasteiger partial charge on any atom is -0.459 e. The molecule has 0 spiro atoms. The summed E-state index contributed by atoms with van der Waals surface area (Å²) in [6, 6.07) is 12.4. The molecule has 3 nitrogen and oxygen atoms in total. The smallest absolute Gasteiger partial charge is 0.134 e. The number of aryl methyl sites for hydroxylation is 2. The third-order valence-corrected chi connectivity index (χ3v) is 4.01. The lowest BCUT2D eigenvalue weighted by molar-refractivity contribution is 0.506. The van der Waals surface area contributed by atoms with E-state index in [9.17, 15) is 0 Å². The van der Waals surface area contributed by atoms with Crippen molar-refractivity contribution in [3.8, 4) is 0 Å². The number of fused-ring (bicyclic) bond motifs is 1. The van der Waals surface area contributed by atoms with E-state index in [1.54, 1.807) is 0 Å². The van der Waals surface area contributed by atoms with Gasteiger partial charge in [0, 0.05) is 21.2 Å². The molecule has 0 radical (unpaired) electrons. The summed E-state index contributed by atoms with van der Waals surface area (Å²) in [5, 5.41) is 1.11. The lowest BCUT2D eigenvalue weighted by atomic mass is 10.2. The average Bonchev–Trinajstić information content (AvgIpc) is 2.96. The third-order valence-electron chi connectivity index (χ3n) is 3.52. The zero-order chi connectivity index (χ0) is 14.3. The van der Waals surface area contributed by atoms with E-state index in [0.29, 0.717) is 0 Å². The summed E-state index contributed by atoms with van der Waals surface area (Å²) in [6.45, 7) is 6.27. The van der Waals surface area contributed by atoms with Crippen LogP contribution in [0.4, 0.5) is 0 Å². The first-order chi connectivity index (χ1) is 9.54. The van der Waals surface area contributed by atoms with Gasteiger partial charge in [-0.3, -0.25) is 4.68 Å². The molecule has 1 unspecified atom stereocenters. The van der Waals surface area contributed by atoms with Gasteiger partial charge in [-0.1, -0.05) is 15.9 Å². The van der Waals surface area contributed by atoms with E-state index in [-0.39, 0.29) is 6.04 Å². The Kier molecular flexibility index (Phi) is 3.34. The maximum absolute atomic E-state index is 5.92. The Bertz CT molecular complexity index is 738. The van der Waals surface area contributed by atoms with E-state index in [4.69, 9.17) is 4.42 Å². The first-order valence-electron chi connectivity index (χ1n) is 6.65. The first kappa shape index (κ1) is 13.3. The molecule has 0 fully saturated rings. The summed E-state index contributed by atoms with van der Waals surface area (Å²) in [5.74, 6) is 0.936. The zero-order valence-electron chi connectivity index (χ0n) is 11.8. The highest BCUT2D eigenvalue weighted by Crippen LogP contribution is 2.27. The van der Waals surface area contributed by atoms with Crippen LogP contribution in [0.3, 0.4) is 0 Å². The predicted molar refractivity (Wildman–Crippen MR) is 85.6 cm³/mol. The van der Waals surface area contributed by atoms with Crippen molar-refractivity contribution >= 4 is 26.9 Å². The number of furan rings is 1. The van der Waals surface area contributed by atoms with Crippen molar-refractivity contribution < 1.29 is 4.42 Å². The van der Waals surface area contributed by atoms with Crippen molar-refractivity contribution in [1.29, 1.82) is 0 Å². The number of aromatic nitrogens is 1. The Labute approximate surface area is 126 Å². The Balaban J connectivity index is 1.90. The zero-order valence-corrected chi connectivity index (χ0v) is 13.4. The SMILES string of the molecule is Cc1ccc(C)n1NC(C)c1cc2cc(Br)ccc2o1. The van der Waals surface area contributed by atoms with Crippen LogP contribution < -0.4 is 5.43 Å². The highest BCUT2D eigenvalue weighted by Gasteiger charge is 2.13. The van der Waals surface area contributed by atoms with Gasteiger partial charge in [0.25, 0.3) is 0 Å². The fourth-order valence-corrected chi connectivity index (χ4v) is 2.76. The van der Waals surface area contributed by atoms with Gasteiger partial charge in [0.15, 0.2) is 0 Å². The van der Waals surface area contributed by atoms with Crippen molar-refractivity contribution in [1.82, 2.24) is 4.68 Å². The average molecular weight is 333 g/mol. The third kappa shape index (κ3) is 2.36. The lowest BCUT2D eigenvalue weighted by Crippen LogP contribution is -2.20. The van der Waals surface area contributed by atoms with Gasteiger partial charge in [-0.05, 0) is 57.2 Å². The highest BCUT2D eigenvalue weighted by molar-refractivity contribution is 9.10. The molecule has 20 heavy (non-hydrogen) atoms. The molecule has 0 aliphatic carbocycles. The van der Waals surface area contributed by atoms with Crippen molar-refractivity contribution in [2.45, 2.75) is 26.8 Å². The van der Waals surface area contributed by atoms with Crippen molar-refractivity contribution in [3.05, 3.63) is 58.0 Å². The number of rotatable bonds is 3. The molecule has 4 heteroatoms. The minimum absolute atomic E-state index is 0.103. The van der Waals surface area contributed by atoms with Gasteiger partial charge in [-0.25, -0.2) is 0 Å². The molecule has 1 N–H and O–H groups in total. The van der Waals surface area contributed by atoms with Crippen molar-refractivity contribution in [2.24, 2.45) is 0 Å². The van der Waals surface area contributed by atoms with Gasteiger partial charge in [0.2, 0.25) is 0 Å². The summed E-state index contributed by atoms with van der Waals surface area (Å²) < 4.78 is 9.07. The number of nitrogens with zero attached hydrogens (tertiary/aromatic N) is 1. The molecule has 2 heterocycles. The number of hydrogen-bond donors (Lipinski definition) is 1. The molecule has 3 rings (SSSR count). The second-order valence-corrected chi connectivity index (χ2v) is 6.05. The van der Waals surface area contributed by atoms with Gasteiger partial charge >= 0.3 is 0 Å². The maximum atomic E-state index is 5.92. The van der Waals surface area contributed by atoms with E-state index < -0.39 is 0 Å². The first-order valence-corrected chi connectivity index (χ1v) is 7.44. The predicted octanol–water partition coefficient (Wildman–Crippen LogP) is 4.92. The summed E-state index contributed by atoms with van der Waals surface area (Å²) in [5.41, 5.74) is 6.75. The minimum atomic E-state index is 0.103. The van der Waals surface area contributed by atoms with Crippen LogP contribution in [0.1, 0.15) is 30.1 Å². The molecule has 0 saturated heterocycles. The molecule has 0 saturated carbocycles. The van der Waals surface area contributed by atoms with Crippen LogP contribution in [0, 0.1) is 13.8 Å². The summed E-state index contributed by atoms with van der Waals surface area (Å²) >= 11 is 3.48. The fraction of sp³-hybridized carbons (Fsp3) is 0.250.